The van der Waals surface area contributed by atoms with Crippen molar-refractivity contribution < 1.29 is 24.3 Å². The van der Waals surface area contributed by atoms with Crippen LogP contribution in [0.25, 0.3) is 21.5 Å². The zero-order valence-electron chi connectivity index (χ0n) is 34.9. The maximum Gasteiger partial charge on any atom is 0.261 e. The summed E-state index contributed by atoms with van der Waals surface area (Å²) in [4.78, 5) is 57.0. The van der Waals surface area contributed by atoms with Gasteiger partial charge in [-0.25, -0.2) is 0 Å². The zero-order chi connectivity index (χ0) is 41.8. The quantitative estimate of drug-likeness (QED) is 0.0438. The van der Waals surface area contributed by atoms with Gasteiger partial charge in [-0.05, 0) is 86.1 Å². The average Bonchev–Trinajstić information content (AvgIpc) is 3.22. The second-order valence-electron chi connectivity index (χ2n) is 16.6. The van der Waals surface area contributed by atoms with Crippen molar-refractivity contribution in [2.75, 3.05) is 49.9 Å². The summed E-state index contributed by atoms with van der Waals surface area (Å²) in [7, 11) is 0. The molecule has 0 saturated heterocycles. The van der Waals surface area contributed by atoms with Crippen molar-refractivity contribution in [1.29, 1.82) is 0 Å². The van der Waals surface area contributed by atoms with Gasteiger partial charge < -0.3 is 26.4 Å². The Morgan fingerprint density at radius 1 is 0.559 bits per heavy atom. The fourth-order valence-corrected chi connectivity index (χ4v) is 8.16. The van der Waals surface area contributed by atoms with Gasteiger partial charge in [-0.1, -0.05) is 71.0 Å². The molecule has 11 nitrogen and oxygen atoms in total. The van der Waals surface area contributed by atoms with Crippen LogP contribution in [-0.4, -0.2) is 77.8 Å². The molecule has 5 aromatic rings. The van der Waals surface area contributed by atoms with Gasteiger partial charge in [0, 0.05) is 106 Å². The molecule has 0 saturated carbocycles. The van der Waals surface area contributed by atoms with Crippen molar-refractivity contribution in [3.8, 4) is 5.75 Å². The van der Waals surface area contributed by atoms with Gasteiger partial charge >= 0.3 is 0 Å². The minimum Gasteiger partial charge on any atom is -0.507 e. The number of rotatable bonds is 18. The van der Waals surface area contributed by atoms with Crippen molar-refractivity contribution in [2.45, 2.75) is 78.8 Å². The van der Waals surface area contributed by atoms with E-state index in [1.54, 1.807) is 12.1 Å². The van der Waals surface area contributed by atoms with Gasteiger partial charge in [0.1, 0.15) is 5.75 Å². The molecule has 308 valence electrons. The highest BCUT2D eigenvalue weighted by Gasteiger charge is 2.34. The molecule has 0 aliphatic carbocycles. The van der Waals surface area contributed by atoms with Crippen molar-refractivity contribution in [2.24, 2.45) is 0 Å². The van der Waals surface area contributed by atoms with E-state index in [0.717, 1.165) is 64.8 Å². The highest BCUT2D eigenvalue weighted by molar-refractivity contribution is 6.27. The Labute approximate surface area is 346 Å². The molecule has 2 heterocycles. The van der Waals surface area contributed by atoms with Gasteiger partial charge in [-0.3, -0.25) is 29.0 Å². The Hall–Kier alpha value is -5.78. The normalized spacial score (nSPS) is 13.9. The fourth-order valence-electron chi connectivity index (χ4n) is 8.16. The van der Waals surface area contributed by atoms with Crippen LogP contribution in [0.2, 0.25) is 0 Å². The SMILES string of the molecule is CCCNc1ccc2c3c(cccc13)C(=O)N(CCCNCc1cc(C(C)(C)C)cc(CNCCCN3C(=O)c4cccc5c(NCCC)ccc(c45)C3=O)c1O)C2=O. The second kappa shape index (κ2) is 17.6. The lowest BCUT2D eigenvalue weighted by atomic mass is 9.84. The smallest absolute Gasteiger partial charge is 0.261 e. The lowest BCUT2D eigenvalue weighted by molar-refractivity contribution is 0.0593. The van der Waals surface area contributed by atoms with Crippen LogP contribution in [0.15, 0.2) is 72.8 Å². The predicted octanol–water partition coefficient (Wildman–Crippen LogP) is 8.19. The van der Waals surface area contributed by atoms with Crippen molar-refractivity contribution in [3.05, 3.63) is 112 Å². The summed E-state index contributed by atoms with van der Waals surface area (Å²) < 4.78 is 0. The topological polar surface area (TPSA) is 143 Å². The molecule has 0 radical (unpaired) electrons. The van der Waals surface area contributed by atoms with Crippen LogP contribution in [0.3, 0.4) is 0 Å². The van der Waals surface area contributed by atoms with Gasteiger partial charge in [-0.2, -0.15) is 0 Å². The van der Waals surface area contributed by atoms with E-state index in [9.17, 15) is 24.3 Å². The van der Waals surface area contributed by atoms with Crippen LogP contribution in [-0.2, 0) is 18.5 Å². The molecule has 2 aliphatic rings. The highest BCUT2D eigenvalue weighted by atomic mass is 16.3. The summed E-state index contributed by atoms with van der Waals surface area (Å²) in [5, 5.41) is 28.3. The van der Waals surface area contributed by atoms with Gasteiger partial charge in [0.15, 0.2) is 0 Å². The first kappa shape index (κ1) is 41.4. The number of nitrogens with zero attached hydrogens (tertiary/aromatic N) is 2. The van der Waals surface area contributed by atoms with E-state index in [2.05, 4.69) is 55.9 Å². The minimum absolute atomic E-state index is 0.168. The summed E-state index contributed by atoms with van der Waals surface area (Å²) in [5.74, 6) is -0.908. The molecule has 7 rings (SSSR count). The van der Waals surface area contributed by atoms with Crippen LogP contribution in [0, 0.1) is 0 Å². The molecule has 4 amide bonds. The number of hydrogen-bond acceptors (Lipinski definition) is 9. The van der Waals surface area contributed by atoms with Gasteiger partial charge in [0.2, 0.25) is 0 Å². The number of nitrogens with one attached hydrogen (secondary N) is 4. The van der Waals surface area contributed by atoms with E-state index in [-0.39, 0.29) is 47.9 Å². The lowest BCUT2D eigenvalue weighted by Gasteiger charge is -2.28. The number of phenolic OH excluding ortho intramolecular Hbond substituents is 1. The van der Waals surface area contributed by atoms with Crippen LogP contribution >= 0.6 is 0 Å². The molecule has 0 bridgehead atoms. The average molecular weight is 797 g/mol. The summed E-state index contributed by atoms with van der Waals surface area (Å²) in [6, 6.07) is 22.8. The standard InChI is InChI=1S/C48H56N6O5/c1-6-20-51-39-18-16-37-41-33(39)12-8-14-35(41)44(56)53(46(37)58)24-10-22-49-28-30-26-32(48(3,4)5)27-31(43(30)55)29-50-23-11-25-54-45(57)36-15-9-13-34-40(52-21-7-2)19-17-38(42(34)36)47(54)59/h8-9,12-19,26-27,49-52,55H,6-7,10-11,20-25,28-29H2,1-5H3. The van der Waals surface area contributed by atoms with Crippen LogP contribution in [0.5, 0.6) is 5.75 Å². The van der Waals surface area contributed by atoms with Gasteiger partial charge in [0.05, 0.1) is 0 Å². The van der Waals surface area contributed by atoms with E-state index in [4.69, 9.17) is 0 Å². The van der Waals surface area contributed by atoms with Crippen molar-refractivity contribution in [1.82, 2.24) is 20.4 Å². The maximum atomic E-state index is 13.6. The van der Waals surface area contributed by atoms with E-state index in [0.29, 0.717) is 72.0 Å². The van der Waals surface area contributed by atoms with E-state index >= 15 is 0 Å². The Kier molecular flexibility index (Phi) is 12.3. The molecular formula is C48H56N6O5. The third-order valence-electron chi connectivity index (χ3n) is 11.3. The number of imide groups is 2. The van der Waals surface area contributed by atoms with Crippen LogP contribution < -0.4 is 21.3 Å². The Morgan fingerprint density at radius 2 is 0.966 bits per heavy atom. The number of phenols is 1. The van der Waals surface area contributed by atoms with Crippen molar-refractivity contribution >= 4 is 56.5 Å². The van der Waals surface area contributed by atoms with E-state index < -0.39 is 0 Å². The lowest BCUT2D eigenvalue weighted by Crippen LogP contribution is -2.41. The molecule has 59 heavy (non-hydrogen) atoms. The molecular weight excluding hydrogens is 741 g/mol. The van der Waals surface area contributed by atoms with Crippen molar-refractivity contribution in [3.63, 3.8) is 0 Å². The molecule has 0 atom stereocenters. The second-order valence-corrected chi connectivity index (χ2v) is 16.6. The summed E-state index contributed by atoms with van der Waals surface area (Å²) in [6.07, 6.45) is 3.02. The first-order valence-electron chi connectivity index (χ1n) is 21.0. The first-order valence-corrected chi connectivity index (χ1v) is 21.0. The zero-order valence-corrected chi connectivity index (χ0v) is 34.9. The number of aromatic hydroxyl groups is 1. The Balaban J connectivity index is 0.937. The molecule has 0 fully saturated rings. The number of amides is 4. The number of benzene rings is 5. The highest BCUT2D eigenvalue weighted by Crippen LogP contribution is 2.36. The van der Waals surface area contributed by atoms with E-state index in [1.165, 1.54) is 9.80 Å². The largest absolute Gasteiger partial charge is 0.507 e. The van der Waals surface area contributed by atoms with Gasteiger partial charge in [0.25, 0.3) is 23.6 Å². The molecule has 0 spiro atoms. The predicted molar refractivity (Wildman–Crippen MR) is 236 cm³/mol. The van der Waals surface area contributed by atoms with Gasteiger partial charge in [-0.15, -0.1) is 0 Å². The van der Waals surface area contributed by atoms with Crippen LogP contribution in [0.4, 0.5) is 11.4 Å². The molecule has 0 aromatic heterocycles. The number of carbonyl (C=O) groups excluding carboxylic acids is 4. The summed E-state index contributed by atoms with van der Waals surface area (Å²) in [6.45, 7) is 14.6. The monoisotopic (exact) mass is 796 g/mol. The first-order chi connectivity index (χ1) is 28.4. The summed E-state index contributed by atoms with van der Waals surface area (Å²) >= 11 is 0. The Morgan fingerprint density at radius 3 is 1.36 bits per heavy atom. The maximum absolute atomic E-state index is 13.6. The number of anilines is 2. The number of hydrogen-bond donors (Lipinski definition) is 5. The third-order valence-corrected chi connectivity index (χ3v) is 11.3. The molecule has 5 N–H and O–H groups in total. The number of carbonyl (C=O) groups is 4. The molecule has 2 aliphatic heterocycles. The van der Waals surface area contributed by atoms with Crippen LogP contribution in [0.1, 0.15) is 118 Å². The Bertz CT molecular complexity index is 2230. The van der Waals surface area contributed by atoms with E-state index in [1.807, 2.05) is 60.7 Å². The minimum atomic E-state index is -0.278. The fraction of sp³-hybridized carbons (Fsp3) is 0.375. The summed E-state index contributed by atoms with van der Waals surface area (Å²) in [5.41, 5.74) is 6.46. The molecule has 0 unspecified atom stereocenters. The molecule has 11 heteroatoms. The third kappa shape index (κ3) is 8.27. The molecule has 5 aromatic carbocycles.